The molecule has 3 aromatic heterocycles. The van der Waals surface area contributed by atoms with Gasteiger partial charge in [0.15, 0.2) is 0 Å². The molecule has 0 atom stereocenters. The maximum absolute atomic E-state index is 12.8. The maximum atomic E-state index is 12.8. The number of nitrogens with one attached hydrogen (secondary N) is 1. The van der Waals surface area contributed by atoms with Gasteiger partial charge in [0.1, 0.15) is 17.7 Å². The van der Waals surface area contributed by atoms with Gasteiger partial charge in [-0.05, 0) is 39.0 Å². The number of aromatic nitrogens is 5. The molecule has 1 aliphatic heterocycles. The topological polar surface area (TPSA) is 116 Å². The van der Waals surface area contributed by atoms with Gasteiger partial charge in [0.05, 0.1) is 17.8 Å². The molecule has 0 spiro atoms. The molecule has 1 N–H and O–H groups in total. The van der Waals surface area contributed by atoms with Crippen LogP contribution in [-0.2, 0) is 4.79 Å². The normalized spacial score (nSPS) is 14.2. The molecule has 3 aromatic rings. The molecule has 4 heterocycles. The van der Waals surface area contributed by atoms with E-state index < -0.39 is 0 Å². The molecule has 0 aliphatic carbocycles. The number of nitriles is 1. The van der Waals surface area contributed by atoms with Crippen LogP contribution < -0.4 is 10.2 Å². The molecule has 32 heavy (non-hydrogen) atoms. The highest BCUT2D eigenvalue weighted by atomic mass is 16.2. The predicted molar refractivity (Wildman–Crippen MR) is 120 cm³/mol. The largest absolute Gasteiger partial charge is 0.353 e. The number of anilines is 2. The summed E-state index contributed by atoms with van der Waals surface area (Å²) < 4.78 is 1.57. The lowest BCUT2D eigenvalue weighted by molar-refractivity contribution is -0.117. The van der Waals surface area contributed by atoms with E-state index in [1.165, 1.54) is 0 Å². The number of nitrogens with zero attached hydrogens (tertiary/aromatic N) is 8. The van der Waals surface area contributed by atoms with Crippen LogP contribution >= 0.6 is 0 Å². The van der Waals surface area contributed by atoms with Crippen molar-refractivity contribution in [2.75, 3.05) is 42.9 Å². The van der Waals surface area contributed by atoms with Gasteiger partial charge in [0.25, 0.3) is 5.95 Å². The first kappa shape index (κ1) is 21.4. The lowest BCUT2D eigenvalue weighted by Gasteiger charge is -2.35. The van der Waals surface area contributed by atoms with Crippen LogP contribution in [0.1, 0.15) is 22.6 Å². The zero-order valence-electron chi connectivity index (χ0n) is 18.4. The zero-order valence-corrected chi connectivity index (χ0v) is 18.4. The second-order valence-corrected chi connectivity index (χ2v) is 7.83. The molecule has 1 fully saturated rings. The predicted octanol–water partition coefficient (Wildman–Crippen LogP) is 1.61. The number of aryl methyl sites for hydroxylation is 3. The van der Waals surface area contributed by atoms with Crippen molar-refractivity contribution in [1.82, 2.24) is 29.6 Å². The van der Waals surface area contributed by atoms with Gasteiger partial charge in [-0.1, -0.05) is 0 Å². The van der Waals surface area contributed by atoms with Crippen molar-refractivity contribution >= 4 is 17.5 Å². The van der Waals surface area contributed by atoms with Gasteiger partial charge in [0, 0.05) is 49.8 Å². The molecule has 0 unspecified atom stereocenters. The summed E-state index contributed by atoms with van der Waals surface area (Å²) in [4.78, 5) is 30.2. The van der Waals surface area contributed by atoms with Crippen molar-refractivity contribution in [3.05, 3.63) is 53.1 Å². The lowest BCUT2D eigenvalue weighted by Crippen LogP contribution is -2.49. The van der Waals surface area contributed by atoms with E-state index in [9.17, 15) is 10.1 Å². The van der Waals surface area contributed by atoms with Gasteiger partial charge in [-0.3, -0.25) is 9.69 Å². The Morgan fingerprint density at radius 2 is 1.81 bits per heavy atom. The highest BCUT2D eigenvalue weighted by Crippen LogP contribution is 2.19. The SMILES string of the molecule is Cc1cc(C)nc(-n2nc(C)cc2NC(=O)CN2CCN(c3ncccc3C#N)CC2)n1. The van der Waals surface area contributed by atoms with Crippen molar-refractivity contribution in [3.8, 4) is 12.0 Å². The van der Waals surface area contributed by atoms with E-state index in [0.717, 1.165) is 17.1 Å². The first-order valence-electron chi connectivity index (χ1n) is 10.4. The van der Waals surface area contributed by atoms with Crippen molar-refractivity contribution in [3.63, 3.8) is 0 Å². The summed E-state index contributed by atoms with van der Waals surface area (Å²) in [5, 5.41) is 16.7. The molecule has 0 radical (unpaired) electrons. The van der Waals surface area contributed by atoms with Crippen LogP contribution in [0.2, 0.25) is 0 Å². The second-order valence-electron chi connectivity index (χ2n) is 7.83. The molecule has 164 valence electrons. The third kappa shape index (κ3) is 4.73. The van der Waals surface area contributed by atoms with Crippen LogP contribution in [0.15, 0.2) is 30.5 Å². The van der Waals surface area contributed by atoms with Gasteiger partial charge in [-0.2, -0.15) is 15.0 Å². The minimum absolute atomic E-state index is 0.125. The van der Waals surface area contributed by atoms with Gasteiger partial charge in [-0.15, -0.1) is 0 Å². The van der Waals surface area contributed by atoms with Crippen molar-refractivity contribution < 1.29 is 4.79 Å². The summed E-state index contributed by atoms with van der Waals surface area (Å²) in [6, 6.07) is 9.42. The molecule has 10 heteroatoms. The molecule has 0 aromatic carbocycles. The Morgan fingerprint density at radius 1 is 1.09 bits per heavy atom. The molecule has 1 aliphatic rings. The van der Waals surface area contributed by atoms with Crippen LogP contribution in [0.5, 0.6) is 0 Å². The molecular weight excluding hydrogens is 406 g/mol. The van der Waals surface area contributed by atoms with E-state index in [0.29, 0.717) is 49.3 Å². The minimum atomic E-state index is -0.125. The number of piperazine rings is 1. The maximum Gasteiger partial charge on any atom is 0.252 e. The molecule has 0 saturated carbocycles. The summed E-state index contributed by atoms with van der Waals surface area (Å²) >= 11 is 0. The average molecular weight is 432 g/mol. The summed E-state index contributed by atoms with van der Waals surface area (Å²) in [5.74, 6) is 1.55. The van der Waals surface area contributed by atoms with Crippen LogP contribution in [0.4, 0.5) is 11.6 Å². The first-order chi connectivity index (χ1) is 15.4. The van der Waals surface area contributed by atoms with Crippen LogP contribution in [0, 0.1) is 32.1 Å². The van der Waals surface area contributed by atoms with E-state index in [2.05, 4.69) is 41.2 Å². The molecular formula is C22H25N9O. The Morgan fingerprint density at radius 3 is 2.50 bits per heavy atom. The monoisotopic (exact) mass is 431 g/mol. The minimum Gasteiger partial charge on any atom is -0.353 e. The number of carbonyl (C=O) groups is 1. The second kappa shape index (κ2) is 9.11. The number of hydrogen-bond acceptors (Lipinski definition) is 8. The smallest absolute Gasteiger partial charge is 0.252 e. The quantitative estimate of drug-likeness (QED) is 0.648. The summed E-state index contributed by atoms with van der Waals surface area (Å²) in [7, 11) is 0. The number of amides is 1. The van der Waals surface area contributed by atoms with E-state index in [1.807, 2.05) is 26.8 Å². The van der Waals surface area contributed by atoms with Gasteiger partial charge in [-0.25, -0.2) is 15.0 Å². The summed E-state index contributed by atoms with van der Waals surface area (Å²) in [6.45, 7) is 8.73. The fourth-order valence-corrected chi connectivity index (χ4v) is 3.78. The molecule has 1 saturated heterocycles. The zero-order chi connectivity index (χ0) is 22.7. The molecule has 0 bridgehead atoms. The fourth-order valence-electron chi connectivity index (χ4n) is 3.78. The van der Waals surface area contributed by atoms with Gasteiger partial charge in [0.2, 0.25) is 5.91 Å². The number of hydrogen-bond donors (Lipinski definition) is 1. The van der Waals surface area contributed by atoms with E-state index in [1.54, 1.807) is 29.1 Å². The molecule has 4 rings (SSSR count). The van der Waals surface area contributed by atoms with E-state index >= 15 is 0 Å². The van der Waals surface area contributed by atoms with Crippen molar-refractivity contribution in [1.29, 1.82) is 5.26 Å². The highest BCUT2D eigenvalue weighted by molar-refractivity contribution is 5.91. The Labute approximate surface area is 186 Å². The number of carbonyl (C=O) groups excluding carboxylic acids is 1. The Kier molecular flexibility index (Phi) is 6.09. The highest BCUT2D eigenvalue weighted by Gasteiger charge is 2.22. The third-order valence-corrected chi connectivity index (χ3v) is 5.21. The fraction of sp³-hybridized carbons (Fsp3) is 0.364. The van der Waals surface area contributed by atoms with E-state index in [4.69, 9.17) is 0 Å². The third-order valence-electron chi connectivity index (χ3n) is 5.21. The van der Waals surface area contributed by atoms with Gasteiger partial charge >= 0.3 is 0 Å². The molecule has 1 amide bonds. The average Bonchev–Trinajstić information content (AvgIpc) is 3.13. The Hall–Kier alpha value is -3.84. The standard InChI is InChI=1S/C22H25N9O/c1-15-11-16(2)26-22(25-15)31-19(12-17(3)28-31)27-20(32)14-29-7-9-30(10-8-29)21-18(13-23)5-4-6-24-21/h4-6,11-12H,7-10,14H2,1-3H3,(H,27,32). The van der Waals surface area contributed by atoms with Crippen molar-refractivity contribution in [2.45, 2.75) is 20.8 Å². The lowest BCUT2D eigenvalue weighted by atomic mass is 10.2. The number of pyridine rings is 1. The Bertz CT molecular complexity index is 1150. The molecule has 10 nitrogen and oxygen atoms in total. The van der Waals surface area contributed by atoms with Crippen LogP contribution in [0.25, 0.3) is 5.95 Å². The summed E-state index contributed by atoms with van der Waals surface area (Å²) in [5.41, 5.74) is 3.00. The number of rotatable bonds is 5. The summed E-state index contributed by atoms with van der Waals surface area (Å²) in [6.07, 6.45) is 1.70. The van der Waals surface area contributed by atoms with Crippen LogP contribution in [0.3, 0.4) is 0 Å². The Balaban J connectivity index is 1.39. The van der Waals surface area contributed by atoms with E-state index in [-0.39, 0.29) is 12.5 Å². The van der Waals surface area contributed by atoms with Crippen LogP contribution in [-0.4, -0.2) is 68.3 Å². The van der Waals surface area contributed by atoms with Gasteiger partial charge < -0.3 is 10.2 Å². The first-order valence-corrected chi connectivity index (χ1v) is 10.4. The van der Waals surface area contributed by atoms with Crippen molar-refractivity contribution in [2.24, 2.45) is 0 Å².